The van der Waals surface area contributed by atoms with Crippen molar-refractivity contribution in [1.82, 2.24) is 0 Å². The third-order valence-electron chi connectivity index (χ3n) is 4.60. The van der Waals surface area contributed by atoms with Crippen LogP contribution in [0.1, 0.15) is 12.8 Å². The standard InChI is InChI=1S/C21H21NO4/c1-24-21-11-14(8-9-18(21)23)20-12-17(22-13-15-5-4-10-25-15)16-6-2-3-7-19(16)26-20/h2-3,6-9,11-12,15,23H,4-5,10,13H2,1H3. The van der Waals surface area contributed by atoms with Crippen LogP contribution in [0.2, 0.25) is 0 Å². The van der Waals surface area contributed by atoms with Crippen LogP contribution in [0.25, 0.3) is 22.3 Å². The number of benzene rings is 2. The molecule has 1 aliphatic rings. The first-order chi connectivity index (χ1) is 12.7. The average Bonchev–Trinajstić information content (AvgIpc) is 3.20. The maximum atomic E-state index is 9.83. The van der Waals surface area contributed by atoms with E-state index in [0.29, 0.717) is 18.1 Å². The van der Waals surface area contributed by atoms with Crippen LogP contribution in [0.4, 0.5) is 0 Å². The Bertz CT molecular complexity index is 987. The van der Waals surface area contributed by atoms with E-state index in [9.17, 15) is 5.11 Å². The Morgan fingerprint density at radius 1 is 1.19 bits per heavy atom. The summed E-state index contributed by atoms with van der Waals surface area (Å²) in [5.41, 5.74) is 1.59. The summed E-state index contributed by atoms with van der Waals surface area (Å²) >= 11 is 0. The molecular weight excluding hydrogens is 330 g/mol. The molecule has 2 heterocycles. The van der Waals surface area contributed by atoms with E-state index in [2.05, 4.69) is 0 Å². The number of ether oxygens (including phenoxy) is 2. The summed E-state index contributed by atoms with van der Waals surface area (Å²) in [6.07, 6.45) is 2.35. The van der Waals surface area contributed by atoms with Gasteiger partial charge in [0.1, 0.15) is 11.3 Å². The molecule has 0 saturated carbocycles. The lowest BCUT2D eigenvalue weighted by Gasteiger charge is -2.09. The maximum Gasteiger partial charge on any atom is 0.161 e. The highest BCUT2D eigenvalue weighted by Crippen LogP contribution is 2.31. The molecule has 5 heteroatoms. The van der Waals surface area contributed by atoms with Crippen molar-refractivity contribution >= 4 is 11.0 Å². The lowest BCUT2D eigenvalue weighted by molar-refractivity contribution is 0.117. The van der Waals surface area contributed by atoms with Crippen molar-refractivity contribution in [2.75, 3.05) is 20.3 Å². The summed E-state index contributed by atoms with van der Waals surface area (Å²) in [6.45, 7) is 1.47. The molecule has 3 aromatic rings. The molecule has 0 amide bonds. The van der Waals surface area contributed by atoms with Crippen LogP contribution in [-0.2, 0) is 4.74 Å². The van der Waals surface area contributed by atoms with Crippen LogP contribution < -0.4 is 10.1 Å². The van der Waals surface area contributed by atoms with Crippen molar-refractivity contribution in [2.45, 2.75) is 18.9 Å². The van der Waals surface area contributed by atoms with E-state index in [1.165, 1.54) is 7.11 Å². The second kappa shape index (κ2) is 7.22. The van der Waals surface area contributed by atoms with Gasteiger partial charge in [0.25, 0.3) is 0 Å². The first kappa shape index (κ1) is 16.7. The molecule has 0 bridgehead atoms. The van der Waals surface area contributed by atoms with Crippen LogP contribution in [0.3, 0.4) is 0 Å². The Kier molecular flexibility index (Phi) is 4.63. The second-order valence-corrected chi connectivity index (χ2v) is 6.35. The van der Waals surface area contributed by atoms with Gasteiger partial charge in [-0.1, -0.05) is 12.1 Å². The summed E-state index contributed by atoms with van der Waals surface area (Å²) in [4.78, 5) is 4.80. The van der Waals surface area contributed by atoms with Crippen molar-refractivity contribution < 1.29 is 19.0 Å². The fourth-order valence-electron chi connectivity index (χ4n) is 3.21. The first-order valence-corrected chi connectivity index (χ1v) is 8.77. The SMILES string of the molecule is COc1cc(-c2cc(=NCC3CCCO3)c3ccccc3o2)ccc1O. The summed E-state index contributed by atoms with van der Waals surface area (Å²) in [6, 6.07) is 15.0. The van der Waals surface area contributed by atoms with E-state index in [0.717, 1.165) is 41.3 Å². The van der Waals surface area contributed by atoms with Crippen molar-refractivity contribution in [3.63, 3.8) is 0 Å². The Morgan fingerprint density at radius 3 is 2.88 bits per heavy atom. The number of hydrogen-bond acceptors (Lipinski definition) is 5. The predicted octanol–water partition coefficient (Wildman–Crippen LogP) is 3.89. The van der Waals surface area contributed by atoms with Gasteiger partial charge < -0.3 is 19.0 Å². The number of nitrogens with zero attached hydrogens (tertiary/aromatic N) is 1. The predicted molar refractivity (Wildman–Crippen MR) is 99.3 cm³/mol. The highest BCUT2D eigenvalue weighted by atomic mass is 16.5. The topological polar surface area (TPSA) is 64.2 Å². The van der Waals surface area contributed by atoms with Crippen LogP contribution in [0, 0.1) is 0 Å². The van der Waals surface area contributed by atoms with Gasteiger partial charge >= 0.3 is 0 Å². The summed E-state index contributed by atoms with van der Waals surface area (Å²) in [5, 5.41) is 11.7. The number of para-hydroxylation sites is 1. The van der Waals surface area contributed by atoms with E-state index < -0.39 is 0 Å². The quantitative estimate of drug-likeness (QED) is 0.774. The van der Waals surface area contributed by atoms with Gasteiger partial charge in [-0.05, 0) is 43.2 Å². The number of phenols is 1. The second-order valence-electron chi connectivity index (χ2n) is 6.35. The van der Waals surface area contributed by atoms with Crippen LogP contribution in [-0.4, -0.2) is 31.5 Å². The molecular formula is C21H21NO4. The number of phenolic OH excluding ortho intramolecular Hbond substituents is 1. The Morgan fingerprint density at radius 2 is 2.08 bits per heavy atom. The molecule has 1 aromatic heterocycles. The molecule has 26 heavy (non-hydrogen) atoms. The summed E-state index contributed by atoms with van der Waals surface area (Å²) in [5.74, 6) is 1.18. The zero-order chi connectivity index (χ0) is 17.9. The maximum absolute atomic E-state index is 9.83. The van der Waals surface area contributed by atoms with Crippen LogP contribution >= 0.6 is 0 Å². The van der Waals surface area contributed by atoms with Crippen LogP contribution in [0.5, 0.6) is 11.5 Å². The van der Waals surface area contributed by atoms with Gasteiger partial charge in [0, 0.05) is 23.6 Å². The largest absolute Gasteiger partial charge is 0.504 e. The van der Waals surface area contributed by atoms with E-state index in [1.807, 2.05) is 30.3 Å². The molecule has 2 aromatic carbocycles. The zero-order valence-corrected chi connectivity index (χ0v) is 14.6. The van der Waals surface area contributed by atoms with Crippen molar-refractivity contribution in [2.24, 2.45) is 4.99 Å². The molecule has 5 nitrogen and oxygen atoms in total. The normalized spacial score (nSPS) is 17.7. The van der Waals surface area contributed by atoms with Crippen LogP contribution in [0.15, 0.2) is 57.9 Å². The molecule has 1 fully saturated rings. The Balaban J connectivity index is 1.82. The van der Waals surface area contributed by atoms with Crippen molar-refractivity contribution in [3.8, 4) is 22.8 Å². The molecule has 1 saturated heterocycles. The highest BCUT2D eigenvalue weighted by Gasteiger charge is 2.15. The first-order valence-electron chi connectivity index (χ1n) is 8.77. The molecule has 1 atom stereocenters. The van der Waals surface area contributed by atoms with Gasteiger partial charge in [-0.15, -0.1) is 0 Å². The molecule has 0 spiro atoms. The van der Waals surface area contributed by atoms with Gasteiger partial charge in [0.15, 0.2) is 11.5 Å². The lowest BCUT2D eigenvalue weighted by atomic mass is 10.1. The third-order valence-corrected chi connectivity index (χ3v) is 4.60. The van der Waals surface area contributed by atoms with E-state index in [1.54, 1.807) is 18.2 Å². The number of methoxy groups -OCH3 is 1. The number of hydrogen-bond donors (Lipinski definition) is 1. The van der Waals surface area contributed by atoms with Crippen molar-refractivity contribution in [1.29, 1.82) is 0 Å². The van der Waals surface area contributed by atoms with Gasteiger partial charge in [-0.2, -0.15) is 0 Å². The number of aromatic hydroxyl groups is 1. The Hall–Kier alpha value is -2.79. The molecule has 1 N–H and O–H groups in total. The van der Waals surface area contributed by atoms with E-state index >= 15 is 0 Å². The van der Waals surface area contributed by atoms with E-state index in [-0.39, 0.29) is 11.9 Å². The smallest absolute Gasteiger partial charge is 0.161 e. The monoisotopic (exact) mass is 351 g/mol. The fraction of sp³-hybridized carbons (Fsp3) is 0.286. The molecule has 134 valence electrons. The molecule has 1 aliphatic heterocycles. The lowest BCUT2D eigenvalue weighted by Crippen LogP contribution is -2.13. The van der Waals surface area contributed by atoms with E-state index in [4.69, 9.17) is 18.9 Å². The van der Waals surface area contributed by atoms with Gasteiger partial charge in [-0.3, -0.25) is 4.99 Å². The van der Waals surface area contributed by atoms with Gasteiger partial charge in [-0.25, -0.2) is 0 Å². The number of fused-ring (bicyclic) bond motifs is 1. The minimum Gasteiger partial charge on any atom is -0.504 e. The average molecular weight is 351 g/mol. The fourth-order valence-corrected chi connectivity index (χ4v) is 3.21. The minimum atomic E-state index is 0.0975. The zero-order valence-electron chi connectivity index (χ0n) is 14.6. The number of rotatable bonds is 4. The molecule has 1 unspecified atom stereocenters. The molecule has 4 rings (SSSR count). The van der Waals surface area contributed by atoms with Gasteiger partial charge in [0.05, 0.1) is 25.1 Å². The van der Waals surface area contributed by atoms with Crippen molar-refractivity contribution in [3.05, 3.63) is 53.9 Å². The molecule has 0 radical (unpaired) electrons. The third kappa shape index (κ3) is 3.30. The van der Waals surface area contributed by atoms with Gasteiger partial charge in [0.2, 0.25) is 0 Å². The Labute approximate surface area is 151 Å². The molecule has 0 aliphatic carbocycles. The highest BCUT2D eigenvalue weighted by molar-refractivity contribution is 5.78. The summed E-state index contributed by atoms with van der Waals surface area (Å²) < 4.78 is 17.0. The minimum absolute atomic E-state index is 0.0975. The summed E-state index contributed by atoms with van der Waals surface area (Å²) in [7, 11) is 1.53.